The van der Waals surface area contributed by atoms with Gasteiger partial charge in [-0.05, 0) is 38.8 Å². The van der Waals surface area contributed by atoms with Gasteiger partial charge < -0.3 is 10.1 Å². The second kappa shape index (κ2) is 4.61. The van der Waals surface area contributed by atoms with Gasteiger partial charge in [-0.25, -0.2) is 0 Å². The van der Waals surface area contributed by atoms with E-state index in [1.807, 2.05) is 12.3 Å². The minimum absolute atomic E-state index is 0.329. The van der Waals surface area contributed by atoms with Crippen LogP contribution in [0, 0.1) is 0 Å². The van der Waals surface area contributed by atoms with E-state index in [0.29, 0.717) is 18.2 Å². The molecule has 0 amide bonds. The first-order valence-corrected chi connectivity index (χ1v) is 6.56. The SMILES string of the molecule is CC1CC(Nc2cccc3[nH]ncc23)CC(C)O1. The van der Waals surface area contributed by atoms with Crippen LogP contribution >= 0.6 is 0 Å². The number of nitrogens with zero attached hydrogens (tertiary/aromatic N) is 1. The number of nitrogens with one attached hydrogen (secondary N) is 2. The number of anilines is 1. The molecule has 2 aromatic rings. The maximum Gasteiger partial charge on any atom is 0.0671 e. The number of fused-ring (bicyclic) bond motifs is 1. The highest BCUT2D eigenvalue weighted by Gasteiger charge is 2.24. The van der Waals surface area contributed by atoms with Gasteiger partial charge in [0.2, 0.25) is 0 Å². The van der Waals surface area contributed by atoms with Crippen LogP contribution in [0.25, 0.3) is 10.9 Å². The molecule has 2 heterocycles. The zero-order chi connectivity index (χ0) is 12.5. The van der Waals surface area contributed by atoms with Crippen LogP contribution in [0.3, 0.4) is 0 Å². The fourth-order valence-corrected chi connectivity index (χ4v) is 2.84. The van der Waals surface area contributed by atoms with Gasteiger partial charge in [0, 0.05) is 17.1 Å². The number of aromatic amines is 1. The van der Waals surface area contributed by atoms with Crippen molar-refractivity contribution in [3.63, 3.8) is 0 Å². The maximum atomic E-state index is 5.77. The van der Waals surface area contributed by atoms with Crippen LogP contribution in [0.4, 0.5) is 5.69 Å². The zero-order valence-corrected chi connectivity index (χ0v) is 10.8. The Morgan fingerprint density at radius 2 is 2.06 bits per heavy atom. The summed E-state index contributed by atoms with van der Waals surface area (Å²) in [4.78, 5) is 0. The van der Waals surface area contributed by atoms with Gasteiger partial charge in [0.1, 0.15) is 0 Å². The van der Waals surface area contributed by atoms with E-state index >= 15 is 0 Å². The molecule has 2 N–H and O–H groups in total. The van der Waals surface area contributed by atoms with Crippen LogP contribution in [0.15, 0.2) is 24.4 Å². The molecule has 0 bridgehead atoms. The van der Waals surface area contributed by atoms with E-state index in [0.717, 1.165) is 29.4 Å². The lowest BCUT2D eigenvalue weighted by atomic mass is 9.99. The van der Waals surface area contributed by atoms with Crippen molar-refractivity contribution < 1.29 is 4.74 Å². The van der Waals surface area contributed by atoms with Crippen LogP contribution in [0.1, 0.15) is 26.7 Å². The van der Waals surface area contributed by atoms with Crippen molar-refractivity contribution in [2.45, 2.75) is 44.9 Å². The summed E-state index contributed by atoms with van der Waals surface area (Å²) in [5, 5.41) is 11.9. The molecule has 1 aromatic carbocycles. The normalized spacial score (nSPS) is 28.4. The van der Waals surface area contributed by atoms with Gasteiger partial charge >= 0.3 is 0 Å². The van der Waals surface area contributed by atoms with Crippen molar-refractivity contribution >= 4 is 16.6 Å². The Kier molecular flexibility index (Phi) is 2.96. The summed E-state index contributed by atoms with van der Waals surface area (Å²) >= 11 is 0. The molecule has 3 rings (SSSR count). The van der Waals surface area contributed by atoms with Crippen molar-refractivity contribution in [3.05, 3.63) is 24.4 Å². The molecule has 1 aromatic heterocycles. The van der Waals surface area contributed by atoms with Crippen molar-refractivity contribution in [2.75, 3.05) is 5.32 Å². The fourth-order valence-electron chi connectivity index (χ4n) is 2.84. The lowest BCUT2D eigenvalue weighted by Gasteiger charge is -2.33. The molecule has 0 spiro atoms. The Morgan fingerprint density at radius 3 is 2.83 bits per heavy atom. The highest BCUT2D eigenvalue weighted by Crippen LogP contribution is 2.26. The Balaban J connectivity index is 1.81. The van der Waals surface area contributed by atoms with Gasteiger partial charge in [-0.3, -0.25) is 5.10 Å². The fraction of sp³-hybridized carbons (Fsp3) is 0.500. The summed E-state index contributed by atoms with van der Waals surface area (Å²) < 4.78 is 5.77. The molecule has 18 heavy (non-hydrogen) atoms. The topological polar surface area (TPSA) is 49.9 Å². The molecule has 2 unspecified atom stereocenters. The van der Waals surface area contributed by atoms with E-state index < -0.39 is 0 Å². The van der Waals surface area contributed by atoms with Crippen LogP contribution < -0.4 is 5.32 Å². The Bertz CT molecular complexity index is 527. The van der Waals surface area contributed by atoms with E-state index in [1.165, 1.54) is 0 Å². The lowest BCUT2D eigenvalue weighted by Crippen LogP contribution is -2.36. The summed E-state index contributed by atoms with van der Waals surface area (Å²) in [5.74, 6) is 0. The molecule has 96 valence electrons. The highest BCUT2D eigenvalue weighted by molar-refractivity contribution is 5.90. The van der Waals surface area contributed by atoms with Gasteiger partial charge in [-0.2, -0.15) is 5.10 Å². The number of benzene rings is 1. The van der Waals surface area contributed by atoms with Gasteiger partial charge in [0.05, 0.1) is 23.9 Å². The molecular formula is C14H19N3O. The molecule has 1 saturated heterocycles. The van der Waals surface area contributed by atoms with E-state index in [-0.39, 0.29) is 0 Å². The minimum Gasteiger partial charge on any atom is -0.382 e. The Labute approximate surface area is 107 Å². The summed E-state index contributed by atoms with van der Waals surface area (Å²) in [7, 11) is 0. The lowest BCUT2D eigenvalue weighted by molar-refractivity contribution is -0.0337. The van der Waals surface area contributed by atoms with Gasteiger partial charge in [-0.1, -0.05) is 6.07 Å². The van der Waals surface area contributed by atoms with E-state index in [4.69, 9.17) is 4.74 Å². The average molecular weight is 245 g/mol. The molecule has 0 saturated carbocycles. The predicted octanol–water partition coefficient (Wildman–Crippen LogP) is 2.93. The Hall–Kier alpha value is -1.55. The van der Waals surface area contributed by atoms with Crippen LogP contribution in [-0.4, -0.2) is 28.4 Å². The Morgan fingerprint density at radius 1 is 1.28 bits per heavy atom. The molecule has 1 fully saturated rings. The largest absolute Gasteiger partial charge is 0.382 e. The van der Waals surface area contributed by atoms with Crippen molar-refractivity contribution in [1.29, 1.82) is 0 Å². The van der Waals surface area contributed by atoms with Crippen molar-refractivity contribution in [1.82, 2.24) is 10.2 Å². The van der Waals surface area contributed by atoms with Gasteiger partial charge in [0.15, 0.2) is 0 Å². The molecule has 2 atom stereocenters. The van der Waals surface area contributed by atoms with Crippen molar-refractivity contribution in [2.24, 2.45) is 0 Å². The second-order valence-electron chi connectivity index (χ2n) is 5.21. The third kappa shape index (κ3) is 2.20. The second-order valence-corrected chi connectivity index (χ2v) is 5.21. The molecule has 1 aliphatic rings. The first-order valence-electron chi connectivity index (χ1n) is 6.56. The highest BCUT2D eigenvalue weighted by atomic mass is 16.5. The molecular weight excluding hydrogens is 226 g/mol. The zero-order valence-electron chi connectivity index (χ0n) is 10.8. The summed E-state index contributed by atoms with van der Waals surface area (Å²) in [6.45, 7) is 4.28. The minimum atomic E-state index is 0.329. The smallest absolute Gasteiger partial charge is 0.0671 e. The number of aromatic nitrogens is 2. The number of hydrogen-bond acceptors (Lipinski definition) is 3. The molecule has 4 heteroatoms. The molecule has 0 radical (unpaired) electrons. The molecule has 0 aliphatic carbocycles. The van der Waals surface area contributed by atoms with Crippen LogP contribution in [-0.2, 0) is 4.74 Å². The van der Waals surface area contributed by atoms with Gasteiger partial charge in [-0.15, -0.1) is 0 Å². The van der Waals surface area contributed by atoms with Crippen LogP contribution in [0.5, 0.6) is 0 Å². The average Bonchev–Trinajstić information content (AvgIpc) is 2.76. The first-order chi connectivity index (χ1) is 8.72. The monoisotopic (exact) mass is 245 g/mol. The number of hydrogen-bond donors (Lipinski definition) is 2. The van der Waals surface area contributed by atoms with E-state index in [9.17, 15) is 0 Å². The van der Waals surface area contributed by atoms with E-state index in [2.05, 4.69) is 41.5 Å². The van der Waals surface area contributed by atoms with Crippen LogP contribution in [0.2, 0.25) is 0 Å². The third-order valence-corrected chi connectivity index (χ3v) is 3.54. The number of ether oxygens (including phenoxy) is 1. The quantitative estimate of drug-likeness (QED) is 0.855. The first kappa shape index (κ1) is 11.5. The maximum absolute atomic E-state index is 5.77. The predicted molar refractivity (Wildman–Crippen MR) is 72.7 cm³/mol. The standard InChI is InChI=1S/C14H19N3O/c1-9-6-11(7-10(2)18-9)16-13-4-3-5-14-12(13)8-15-17-14/h3-5,8-11,16H,6-7H2,1-2H3,(H,15,17). The van der Waals surface area contributed by atoms with Gasteiger partial charge in [0.25, 0.3) is 0 Å². The number of rotatable bonds is 2. The number of H-pyrrole nitrogens is 1. The van der Waals surface area contributed by atoms with E-state index in [1.54, 1.807) is 0 Å². The summed E-state index contributed by atoms with van der Waals surface area (Å²) in [5.41, 5.74) is 2.24. The molecule has 4 nitrogen and oxygen atoms in total. The molecule has 1 aliphatic heterocycles. The summed E-state index contributed by atoms with van der Waals surface area (Å²) in [6.07, 6.45) is 4.64. The summed E-state index contributed by atoms with van der Waals surface area (Å²) in [6, 6.07) is 6.68. The van der Waals surface area contributed by atoms with Crippen molar-refractivity contribution in [3.8, 4) is 0 Å². The third-order valence-electron chi connectivity index (χ3n) is 3.54.